The Balaban J connectivity index is 1.50. The maximum Gasteiger partial charge on any atom is 0.256 e. The average molecular weight is 548 g/mol. The number of hydrogen-bond donors (Lipinski definition) is 2. The Kier molecular flexibility index (Phi) is 5.51. The van der Waals surface area contributed by atoms with E-state index < -0.39 is 0 Å². The van der Waals surface area contributed by atoms with Gasteiger partial charge in [-0.1, -0.05) is 24.3 Å². The number of anilines is 4. The van der Waals surface area contributed by atoms with Crippen LogP contribution in [-0.2, 0) is 9.59 Å². The van der Waals surface area contributed by atoms with Crippen LogP contribution in [0.15, 0.2) is 79.0 Å². The SMILES string of the molecule is O=C1CC(=O)N(c2ccc(NC(=O)c3ccccc3I)cc2)c2ccc3cccnc3c2N1. The summed E-state index contributed by atoms with van der Waals surface area (Å²) in [4.78, 5) is 43.9. The van der Waals surface area contributed by atoms with Crippen LogP contribution in [0.5, 0.6) is 0 Å². The zero-order valence-electron chi connectivity index (χ0n) is 17.2. The normalized spacial score (nSPS) is 13.3. The maximum atomic E-state index is 13.0. The molecular weight excluding hydrogens is 531 g/mol. The van der Waals surface area contributed by atoms with E-state index in [1.54, 1.807) is 42.6 Å². The maximum absolute atomic E-state index is 13.0. The molecule has 0 aliphatic carbocycles. The largest absolute Gasteiger partial charge is 0.322 e. The fourth-order valence-corrected chi connectivity index (χ4v) is 4.43. The van der Waals surface area contributed by atoms with Crippen molar-refractivity contribution < 1.29 is 14.4 Å². The Morgan fingerprint density at radius 2 is 1.76 bits per heavy atom. The molecule has 8 heteroatoms. The van der Waals surface area contributed by atoms with Crippen LogP contribution in [0.25, 0.3) is 10.9 Å². The molecule has 1 aliphatic heterocycles. The molecule has 162 valence electrons. The first-order valence-electron chi connectivity index (χ1n) is 10.2. The Morgan fingerprint density at radius 1 is 0.970 bits per heavy atom. The lowest BCUT2D eigenvalue weighted by molar-refractivity contribution is -0.124. The minimum absolute atomic E-state index is 0.212. The Morgan fingerprint density at radius 3 is 2.55 bits per heavy atom. The minimum Gasteiger partial charge on any atom is -0.322 e. The summed E-state index contributed by atoms with van der Waals surface area (Å²) in [7, 11) is 0. The summed E-state index contributed by atoms with van der Waals surface area (Å²) < 4.78 is 0.856. The quantitative estimate of drug-likeness (QED) is 0.276. The molecule has 7 nitrogen and oxygen atoms in total. The molecule has 33 heavy (non-hydrogen) atoms. The summed E-state index contributed by atoms with van der Waals surface area (Å²) in [5.74, 6) is -0.948. The first-order valence-corrected chi connectivity index (χ1v) is 11.3. The van der Waals surface area contributed by atoms with Gasteiger partial charge >= 0.3 is 0 Å². The number of amides is 3. The molecule has 0 saturated heterocycles. The van der Waals surface area contributed by atoms with E-state index in [1.807, 2.05) is 36.4 Å². The predicted octanol–water partition coefficient (Wildman–Crippen LogP) is 5.10. The Labute approximate surface area is 203 Å². The summed E-state index contributed by atoms with van der Waals surface area (Å²) in [5, 5.41) is 6.57. The van der Waals surface area contributed by atoms with Crippen molar-refractivity contribution >= 4 is 74.0 Å². The first-order chi connectivity index (χ1) is 16.0. The highest BCUT2D eigenvalue weighted by molar-refractivity contribution is 14.1. The zero-order chi connectivity index (χ0) is 22.9. The molecule has 5 rings (SSSR count). The number of fused-ring (bicyclic) bond motifs is 3. The lowest BCUT2D eigenvalue weighted by Crippen LogP contribution is -2.26. The van der Waals surface area contributed by atoms with E-state index in [1.165, 1.54) is 4.90 Å². The molecule has 2 N–H and O–H groups in total. The Hall–Kier alpha value is -3.79. The third-order valence-electron chi connectivity index (χ3n) is 5.32. The number of halogens is 1. The molecule has 0 unspecified atom stereocenters. The van der Waals surface area contributed by atoms with E-state index in [0.717, 1.165) is 8.96 Å². The summed E-state index contributed by atoms with van der Waals surface area (Å²) >= 11 is 2.12. The standard InChI is InChI=1S/C25H17IN4O3/c26-19-6-2-1-5-18(19)25(33)28-16-8-10-17(11-9-16)30-20-12-7-15-4-3-13-27-23(15)24(20)29-21(31)14-22(30)32/h1-13H,14H2,(H,28,33)(H,29,31). The van der Waals surface area contributed by atoms with Gasteiger partial charge in [0.15, 0.2) is 0 Å². The number of nitrogens with one attached hydrogen (secondary N) is 2. The molecule has 0 radical (unpaired) electrons. The number of carbonyl (C=O) groups excluding carboxylic acids is 3. The van der Waals surface area contributed by atoms with Gasteiger partial charge < -0.3 is 10.6 Å². The lowest BCUT2D eigenvalue weighted by atomic mass is 10.1. The fraction of sp³-hybridized carbons (Fsp3) is 0.0400. The Bertz CT molecular complexity index is 1420. The van der Waals surface area contributed by atoms with Crippen LogP contribution in [0.3, 0.4) is 0 Å². The van der Waals surface area contributed by atoms with Gasteiger partial charge in [-0.15, -0.1) is 0 Å². The van der Waals surface area contributed by atoms with E-state index in [0.29, 0.717) is 33.8 Å². The molecule has 0 saturated carbocycles. The van der Waals surface area contributed by atoms with Crippen molar-refractivity contribution in [2.75, 3.05) is 15.5 Å². The highest BCUT2D eigenvalue weighted by atomic mass is 127. The second-order valence-corrected chi connectivity index (χ2v) is 8.63. The van der Waals surface area contributed by atoms with Crippen molar-refractivity contribution in [3.63, 3.8) is 0 Å². The van der Waals surface area contributed by atoms with Crippen LogP contribution in [0.1, 0.15) is 16.8 Å². The van der Waals surface area contributed by atoms with Gasteiger partial charge in [-0.05, 0) is 71.1 Å². The number of carbonyl (C=O) groups is 3. The van der Waals surface area contributed by atoms with E-state index >= 15 is 0 Å². The molecule has 3 amide bonds. The minimum atomic E-state index is -0.386. The van der Waals surface area contributed by atoms with Gasteiger partial charge in [-0.2, -0.15) is 0 Å². The summed E-state index contributed by atoms with van der Waals surface area (Å²) in [6, 6.07) is 21.7. The van der Waals surface area contributed by atoms with Gasteiger partial charge in [0, 0.05) is 26.5 Å². The second kappa shape index (κ2) is 8.62. The monoisotopic (exact) mass is 548 g/mol. The third-order valence-corrected chi connectivity index (χ3v) is 6.26. The molecule has 1 aliphatic rings. The highest BCUT2D eigenvalue weighted by Crippen LogP contribution is 2.39. The number of benzene rings is 3. The van der Waals surface area contributed by atoms with Gasteiger partial charge in [0.1, 0.15) is 6.42 Å². The molecular formula is C25H17IN4O3. The summed E-state index contributed by atoms with van der Waals surface area (Å²) in [6.07, 6.45) is 1.37. The molecule has 0 fully saturated rings. The van der Waals surface area contributed by atoms with Gasteiger partial charge in [0.25, 0.3) is 5.91 Å². The zero-order valence-corrected chi connectivity index (χ0v) is 19.4. The smallest absolute Gasteiger partial charge is 0.256 e. The first kappa shape index (κ1) is 21.1. The molecule has 0 spiro atoms. The second-order valence-electron chi connectivity index (χ2n) is 7.47. The van der Waals surface area contributed by atoms with Crippen molar-refractivity contribution in [1.29, 1.82) is 0 Å². The molecule has 0 atom stereocenters. The molecule has 0 bridgehead atoms. The van der Waals surface area contributed by atoms with Crippen molar-refractivity contribution in [3.05, 3.63) is 88.1 Å². The summed E-state index contributed by atoms with van der Waals surface area (Å²) in [6.45, 7) is 0. The van der Waals surface area contributed by atoms with Crippen LogP contribution in [0.2, 0.25) is 0 Å². The number of hydrogen-bond acceptors (Lipinski definition) is 4. The van der Waals surface area contributed by atoms with E-state index in [2.05, 4.69) is 38.2 Å². The number of rotatable bonds is 3. The lowest BCUT2D eigenvalue weighted by Gasteiger charge is -2.23. The van der Waals surface area contributed by atoms with E-state index in [4.69, 9.17) is 0 Å². The van der Waals surface area contributed by atoms with Crippen molar-refractivity contribution in [2.24, 2.45) is 0 Å². The van der Waals surface area contributed by atoms with Gasteiger partial charge in [-0.3, -0.25) is 24.3 Å². The molecule has 4 aromatic rings. The number of nitrogens with zero attached hydrogens (tertiary/aromatic N) is 2. The number of pyridine rings is 1. The van der Waals surface area contributed by atoms with Crippen molar-refractivity contribution in [2.45, 2.75) is 6.42 Å². The number of aromatic nitrogens is 1. The fourth-order valence-electron chi connectivity index (χ4n) is 3.80. The average Bonchev–Trinajstić information content (AvgIpc) is 2.94. The highest BCUT2D eigenvalue weighted by Gasteiger charge is 2.29. The van der Waals surface area contributed by atoms with Crippen LogP contribution in [0, 0.1) is 3.57 Å². The topological polar surface area (TPSA) is 91.4 Å². The van der Waals surface area contributed by atoms with Gasteiger partial charge in [-0.25, -0.2) is 0 Å². The van der Waals surface area contributed by atoms with Gasteiger partial charge in [0.2, 0.25) is 11.8 Å². The molecule has 3 aromatic carbocycles. The predicted molar refractivity (Wildman–Crippen MR) is 136 cm³/mol. The van der Waals surface area contributed by atoms with E-state index in [9.17, 15) is 14.4 Å². The van der Waals surface area contributed by atoms with E-state index in [-0.39, 0.29) is 24.1 Å². The van der Waals surface area contributed by atoms with Crippen LogP contribution in [0.4, 0.5) is 22.7 Å². The summed E-state index contributed by atoms with van der Waals surface area (Å²) in [5.41, 5.74) is 3.43. The van der Waals surface area contributed by atoms with Crippen LogP contribution < -0.4 is 15.5 Å². The van der Waals surface area contributed by atoms with Crippen molar-refractivity contribution in [3.8, 4) is 0 Å². The van der Waals surface area contributed by atoms with Gasteiger partial charge in [0.05, 0.1) is 22.5 Å². The third kappa shape index (κ3) is 4.05. The van der Waals surface area contributed by atoms with Crippen LogP contribution in [-0.4, -0.2) is 22.7 Å². The van der Waals surface area contributed by atoms with Crippen molar-refractivity contribution in [1.82, 2.24) is 4.98 Å². The molecule has 1 aromatic heterocycles. The molecule has 2 heterocycles. The van der Waals surface area contributed by atoms with Crippen LogP contribution >= 0.6 is 22.6 Å².